The molecule has 0 aromatic rings. The molecule has 1 rings (SSSR count). The van der Waals surface area contributed by atoms with Crippen molar-refractivity contribution >= 4 is 5.97 Å². The normalized spacial score (nSPS) is 26.4. The predicted octanol–water partition coefficient (Wildman–Crippen LogP) is 3.37. The monoisotopic (exact) mass is 444 g/mol. The van der Waals surface area contributed by atoms with Crippen molar-refractivity contribution in [2.45, 2.75) is 128 Å². The van der Waals surface area contributed by atoms with Gasteiger partial charge in [-0.25, -0.2) is 0 Å². The molecule has 0 aliphatic carbocycles. The summed E-state index contributed by atoms with van der Waals surface area (Å²) in [5.41, 5.74) is 0. The van der Waals surface area contributed by atoms with E-state index in [1.54, 1.807) is 0 Å². The van der Waals surface area contributed by atoms with E-state index < -0.39 is 43.3 Å². The fourth-order valence-corrected chi connectivity index (χ4v) is 3.76. The lowest BCUT2D eigenvalue weighted by Gasteiger charge is -2.39. The first kappa shape index (κ1) is 28.0. The Morgan fingerprint density at radius 1 is 0.839 bits per heavy atom. The molecule has 1 aliphatic heterocycles. The Bertz CT molecular complexity index is 483. The summed E-state index contributed by atoms with van der Waals surface area (Å²) in [5.74, 6) is -0.536. The number of hydrogen-bond acceptors (Lipinski definition) is 7. The van der Waals surface area contributed by atoms with E-state index in [4.69, 9.17) is 14.6 Å². The summed E-state index contributed by atoms with van der Waals surface area (Å²) in [6.07, 6.45) is 13.0. The zero-order chi connectivity index (χ0) is 22.9. The SMILES string of the molecule is CCCCCCCCC=CCCCCCCCC(=O)O[C@@H]1[C@@H](O)[C@@H](O)O[C@H](CO)[C@H]1O. The molecule has 0 aromatic carbocycles. The third-order valence-corrected chi connectivity index (χ3v) is 5.75. The molecule has 31 heavy (non-hydrogen) atoms. The Labute approximate surface area is 187 Å². The van der Waals surface area contributed by atoms with Crippen LogP contribution in [-0.2, 0) is 14.3 Å². The van der Waals surface area contributed by atoms with Crippen LogP contribution in [0, 0.1) is 0 Å². The average Bonchev–Trinajstić information content (AvgIpc) is 2.76. The van der Waals surface area contributed by atoms with Crippen molar-refractivity contribution in [3.8, 4) is 0 Å². The highest BCUT2D eigenvalue weighted by Crippen LogP contribution is 2.23. The number of unbranched alkanes of at least 4 members (excludes halogenated alkanes) is 11. The van der Waals surface area contributed by atoms with Crippen LogP contribution in [0.1, 0.15) is 96.8 Å². The molecule has 7 heteroatoms. The molecular formula is C24H44O7. The summed E-state index contributed by atoms with van der Waals surface area (Å²) in [5, 5.41) is 38.7. The molecule has 0 spiro atoms. The standard InChI is InChI=1S/C24H44O7/c1-2-3-4-5-6-7-8-9-10-11-12-13-14-15-16-17-20(26)31-23-21(27)19(18-25)30-24(29)22(23)28/h9-10,19,21-25,27-29H,2-8,11-18H2,1H3/t19-,21-,22-,23+,24+/m1/s1. The minimum absolute atomic E-state index is 0.189. The van der Waals surface area contributed by atoms with Gasteiger partial charge in [-0.2, -0.15) is 0 Å². The first-order valence-electron chi connectivity index (χ1n) is 12.2. The van der Waals surface area contributed by atoms with Crippen LogP contribution < -0.4 is 0 Å². The fourth-order valence-electron chi connectivity index (χ4n) is 3.76. The highest BCUT2D eigenvalue weighted by molar-refractivity contribution is 5.69. The summed E-state index contributed by atoms with van der Waals surface area (Å²) in [6.45, 7) is 1.69. The van der Waals surface area contributed by atoms with Crippen LogP contribution in [0.2, 0.25) is 0 Å². The lowest BCUT2D eigenvalue weighted by Crippen LogP contribution is -2.59. The van der Waals surface area contributed by atoms with Gasteiger partial charge in [0.15, 0.2) is 12.4 Å². The quantitative estimate of drug-likeness (QED) is 0.154. The van der Waals surface area contributed by atoms with Crippen LogP contribution in [0.3, 0.4) is 0 Å². The highest BCUT2D eigenvalue weighted by atomic mass is 16.7. The van der Waals surface area contributed by atoms with Crippen LogP contribution in [0.15, 0.2) is 12.2 Å². The molecule has 182 valence electrons. The lowest BCUT2D eigenvalue weighted by molar-refractivity contribution is -0.289. The molecule has 0 saturated carbocycles. The maximum absolute atomic E-state index is 12.0. The Balaban J connectivity index is 2.01. The summed E-state index contributed by atoms with van der Waals surface area (Å²) < 4.78 is 10.0. The van der Waals surface area contributed by atoms with Crippen molar-refractivity contribution in [2.24, 2.45) is 0 Å². The Hall–Kier alpha value is -0.990. The van der Waals surface area contributed by atoms with Crippen LogP contribution in [0.4, 0.5) is 0 Å². The highest BCUT2D eigenvalue weighted by Gasteiger charge is 2.45. The number of carbonyl (C=O) groups is 1. The van der Waals surface area contributed by atoms with E-state index >= 15 is 0 Å². The van der Waals surface area contributed by atoms with Gasteiger partial charge in [0, 0.05) is 6.42 Å². The van der Waals surface area contributed by atoms with Crippen LogP contribution >= 0.6 is 0 Å². The molecule has 1 heterocycles. The Morgan fingerprint density at radius 2 is 1.39 bits per heavy atom. The van der Waals surface area contributed by atoms with E-state index in [0.717, 1.165) is 32.1 Å². The van der Waals surface area contributed by atoms with Gasteiger partial charge in [-0.15, -0.1) is 0 Å². The summed E-state index contributed by atoms with van der Waals surface area (Å²) in [4.78, 5) is 12.0. The smallest absolute Gasteiger partial charge is 0.306 e. The first-order valence-corrected chi connectivity index (χ1v) is 12.2. The zero-order valence-electron chi connectivity index (χ0n) is 19.2. The minimum Gasteiger partial charge on any atom is -0.456 e. The lowest BCUT2D eigenvalue weighted by atomic mass is 9.99. The van der Waals surface area contributed by atoms with Gasteiger partial charge in [0.05, 0.1) is 6.61 Å². The van der Waals surface area contributed by atoms with Gasteiger partial charge in [-0.1, -0.05) is 70.4 Å². The van der Waals surface area contributed by atoms with Crippen molar-refractivity contribution in [1.29, 1.82) is 0 Å². The van der Waals surface area contributed by atoms with E-state index in [9.17, 15) is 20.1 Å². The summed E-state index contributed by atoms with van der Waals surface area (Å²) in [7, 11) is 0. The van der Waals surface area contributed by atoms with Gasteiger partial charge in [0.25, 0.3) is 0 Å². The Morgan fingerprint density at radius 3 is 1.97 bits per heavy atom. The van der Waals surface area contributed by atoms with Gasteiger partial charge >= 0.3 is 5.97 Å². The number of esters is 1. The van der Waals surface area contributed by atoms with Crippen molar-refractivity contribution < 1.29 is 34.7 Å². The molecule has 1 fully saturated rings. The van der Waals surface area contributed by atoms with E-state index in [1.165, 1.54) is 44.9 Å². The van der Waals surface area contributed by atoms with Crippen LogP contribution in [0.25, 0.3) is 0 Å². The molecule has 7 nitrogen and oxygen atoms in total. The molecule has 4 N–H and O–H groups in total. The fraction of sp³-hybridized carbons (Fsp3) is 0.875. The molecule has 0 aromatic heterocycles. The number of aliphatic hydroxyl groups is 4. The molecule has 0 amide bonds. The van der Waals surface area contributed by atoms with Gasteiger partial charge in [-0.05, 0) is 32.1 Å². The molecule has 5 atom stereocenters. The van der Waals surface area contributed by atoms with Crippen LogP contribution in [0.5, 0.6) is 0 Å². The predicted molar refractivity (Wildman–Crippen MR) is 119 cm³/mol. The second-order valence-electron chi connectivity index (χ2n) is 8.52. The maximum Gasteiger partial charge on any atom is 0.306 e. The van der Waals surface area contributed by atoms with E-state index in [-0.39, 0.29) is 6.42 Å². The topological polar surface area (TPSA) is 116 Å². The third-order valence-electron chi connectivity index (χ3n) is 5.75. The van der Waals surface area contributed by atoms with Gasteiger partial charge < -0.3 is 29.9 Å². The number of hydrogen-bond donors (Lipinski definition) is 4. The number of ether oxygens (including phenoxy) is 2. The van der Waals surface area contributed by atoms with E-state index in [0.29, 0.717) is 6.42 Å². The summed E-state index contributed by atoms with van der Waals surface area (Å²) >= 11 is 0. The minimum atomic E-state index is -1.61. The number of allylic oxidation sites excluding steroid dienone is 2. The Kier molecular flexibility index (Phi) is 15.9. The van der Waals surface area contributed by atoms with Gasteiger partial charge in [-0.3, -0.25) is 4.79 Å². The van der Waals surface area contributed by atoms with E-state index in [2.05, 4.69) is 19.1 Å². The number of carbonyl (C=O) groups excluding carboxylic acids is 1. The molecule has 0 bridgehead atoms. The molecule has 1 saturated heterocycles. The van der Waals surface area contributed by atoms with Gasteiger partial charge in [0.1, 0.15) is 18.3 Å². The van der Waals surface area contributed by atoms with Crippen molar-refractivity contribution in [1.82, 2.24) is 0 Å². The number of aliphatic hydroxyl groups excluding tert-OH is 4. The summed E-state index contributed by atoms with van der Waals surface area (Å²) in [6, 6.07) is 0. The largest absolute Gasteiger partial charge is 0.456 e. The van der Waals surface area contributed by atoms with Crippen molar-refractivity contribution in [2.75, 3.05) is 6.61 Å². The third kappa shape index (κ3) is 12.0. The number of rotatable bonds is 17. The second-order valence-corrected chi connectivity index (χ2v) is 8.52. The first-order chi connectivity index (χ1) is 15.0. The van der Waals surface area contributed by atoms with Crippen molar-refractivity contribution in [3.05, 3.63) is 12.2 Å². The van der Waals surface area contributed by atoms with Gasteiger partial charge in [0.2, 0.25) is 0 Å². The zero-order valence-corrected chi connectivity index (χ0v) is 19.2. The van der Waals surface area contributed by atoms with Crippen LogP contribution in [-0.4, -0.2) is 63.7 Å². The second kappa shape index (κ2) is 17.6. The molecule has 0 radical (unpaired) electrons. The van der Waals surface area contributed by atoms with Crippen molar-refractivity contribution in [3.63, 3.8) is 0 Å². The molecular weight excluding hydrogens is 400 g/mol. The average molecular weight is 445 g/mol. The molecule has 0 unspecified atom stereocenters. The maximum atomic E-state index is 12.0. The van der Waals surface area contributed by atoms with E-state index in [1.807, 2.05) is 0 Å². The molecule has 1 aliphatic rings.